The fourth-order valence-electron chi connectivity index (χ4n) is 4.14. The molecular weight excluding hydrogens is 392 g/mol. The average molecular weight is 417 g/mol. The standard InChI is InChI=1S/C22H25F2N3O3/c1-13-20-17(21(23)24)11-18(25-22(20)30-26-13)14-6-8-27(9-7-14)12-15-4-5-16(28-2)10-19(15)29-3/h4-5,10-11,14,21H,6-9,12H2,1-3H3. The summed E-state index contributed by atoms with van der Waals surface area (Å²) in [6.07, 6.45) is -0.908. The van der Waals surface area contributed by atoms with Gasteiger partial charge in [-0.25, -0.2) is 13.8 Å². The molecule has 160 valence electrons. The maximum atomic E-state index is 13.6. The molecule has 0 amide bonds. The van der Waals surface area contributed by atoms with Gasteiger partial charge in [0.25, 0.3) is 12.1 Å². The Balaban J connectivity index is 1.47. The van der Waals surface area contributed by atoms with E-state index < -0.39 is 6.43 Å². The Morgan fingerprint density at radius 2 is 1.93 bits per heavy atom. The van der Waals surface area contributed by atoms with Crippen LogP contribution in [0, 0.1) is 6.92 Å². The molecule has 0 atom stereocenters. The fourth-order valence-corrected chi connectivity index (χ4v) is 4.14. The van der Waals surface area contributed by atoms with Crippen molar-refractivity contribution in [3.63, 3.8) is 0 Å². The van der Waals surface area contributed by atoms with E-state index in [2.05, 4.69) is 15.0 Å². The molecule has 0 saturated carbocycles. The van der Waals surface area contributed by atoms with Gasteiger partial charge in [0, 0.05) is 35.3 Å². The zero-order valence-electron chi connectivity index (χ0n) is 17.3. The third-order valence-electron chi connectivity index (χ3n) is 5.80. The predicted octanol–water partition coefficient (Wildman–Crippen LogP) is 4.87. The zero-order chi connectivity index (χ0) is 21.3. The summed E-state index contributed by atoms with van der Waals surface area (Å²) in [5.41, 5.74) is 2.36. The summed E-state index contributed by atoms with van der Waals surface area (Å²) < 4.78 is 43.1. The Labute approximate surface area is 173 Å². The molecule has 30 heavy (non-hydrogen) atoms. The van der Waals surface area contributed by atoms with Gasteiger partial charge in [-0.3, -0.25) is 4.90 Å². The van der Waals surface area contributed by atoms with Gasteiger partial charge < -0.3 is 14.0 Å². The predicted molar refractivity (Wildman–Crippen MR) is 108 cm³/mol. The SMILES string of the molecule is COc1ccc(CN2CCC(c3cc(C(F)F)c4c(C)noc4n3)CC2)c(OC)c1. The number of benzene rings is 1. The van der Waals surface area contributed by atoms with Gasteiger partial charge >= 0.3 is 0 Å². The smallest absolute Gasteiger partial charge is 0.264 e. The molecular formula is C22H25F2N3O3. The first-order valence-electron chi connectivity index (χ1n) is 9.98. The molecule has 0 aliphatic carbocycles. The van der Waals surface area contributed by atoms with E-state index in [0.29, 0.717) is 16.8 Å². The summed E-state index contributed by atoms with van der Waals surface area (Å²) in [6.45, 7) is 4.11. The molecule has 0 unspecified atom stereocenters. The van der Waals surface area contributed by atoms with Gasteiger partial charge in [-0.15, -0.1) is 0 Å². The molecule has 1 saturated heterocycles. The van der Waals surface area contributed by atoms with Crippen LogP contribution in [0.2, 0.25) is 0 Å². The van der Waals surface area contributed by atoms with Crippen molar-refractivity contribution in [1.82, 2.24) is 15.0 Å². The van der Waals surface area contributed by atoms with Gasteiger partial charge in [0.2, 0.25) is 0 Å². The summed E-state index contributed by atoms with van der Waals surface area (Å²) in [6, 6.07) is 7.35. The summed E-state index contributed by atoms with van der Waals surface area (Å²) in [7, 11) is 3.28. The monoisotopic (exact) mass is 417 g/mol. The van der Waals surface area contributed by atoms with Crippen LogP contribution in [0.5, 0.6) is 11.5 Å². The van der Waals surface area contributed by atoms with Crippen LogP contribution < -0.4 is 9.47 Å². The molecule has 3 heterocycles. The van der Waals surface area contributed by atoms with Crippen molar-refractivity contribution in [3.8, 4) is 11.5 Å². The third-order valence-corrected chi connectivity index (χ3v) is 5.80. The van der Waals surface area contributed by atoms with Crippen LogP contribution in [0.25, 0.3) is 11.1 Å². The number of pyridine rings is 1. The molecule has 0 radical (unpaired) electrons. The summed E-state index contributed by atoms with van der Waals surface area (Å²) in [5, 5.41) is 4.14. The Bertz CT molecular complexity index is 1030. The number of aryl methyl sites for hydroxylation is 1. The minimum Gasteiger partial charge on any atom is -0.497 e. The molecule has 0 N–H and O–H groups in total. The van der Waals surface area contributed by atoms with E-state index in [1.165, 1.54) is 6.07 Å². The highest BCUT2D eigenvalue weighted by molar-refractivity contribution is 5.80. The largest absolute Gasteiger partial charge is 0.497 e. The number of halogens is 2. The number of nitrogens with zero attached hydrogens (tertiary/aromatic N) is 3. The van der Waals surface area contributed by atoms with Crippen LogP contribution in [0.15, 0.2) is 28.8 Å². The van der Waals surface area contributed by atoms with Gasteiger partial charge in [0.05, 0.1) is 25.3 Å². The lowest BCUT2D eigenvalue weighted by atomic mass is 9.91. The first-order valence-corrected chi connectivity index (χ1v) is 9.98. The van der Waals surface area contributed by atoms with E-state index in [-0.39, 0.29) is 17.2 Å². The van der Waals surface area contributed by atoms with E-state index >= 15 is 0 Å². The lowest BCUT2D eigenvalue weighted by Gasteiger charge is -2.32. The van der Waals surface area contributed by atoms with Crippen LogP contribution >= 0.6 is 0 Å². The number of methoxy groups -OCH3 is 2. The van der Waals surface area contributed by atoms with Crippen molar-refractivity contribution in [2.24, 2.45) is 0 Å². The Kier molecular flexibility index (Phi) is 5.85. The quantitative estimate of drug-likeness (QED) is 0.571. The fraction of sp³-hybridized carbons (Fsp3) is 0.455. The Morgan fingerprint density at radius 3 is 2.60 bits per heavy atom. The number of piperidine rings is 1. The molecule has 0 bridgehead atoms. The van der Waals surface area contributed by atoms with Crippen molar-refractivity contribution < 1.29 is 22.8 Å². The average Bonchev–Trinajstić information content (AvgIpc) is 3.14. The first-order chi connectivity index (χ1) is 14.5. The number of hydrogen-bond acceptors (Lipinski definition) is 6. The lowest BCUT2D eigenvalue weighted by Crippen LogP contribution is -2.32. The van der Waals surface area contributed by atoms with Crippen molar-refractivity contribution in [2.75, 3.05) is 27.3 Å². The van der Waals surface area contributed by atoms with E-state index in [9.17, 15) is 8.78 Å². The zero-order valence-corrected chi connectivity index (χ0v) is 17.3. The first kappa shape index (κ1) is 20.5. The third kappa shape index (κ3) is 3.96. The van der Waals surface area contributed by atoms with Crippen LogP contribution in [0.1, 0.15) is 47.7 Å². The molecule has 1 aliphatic rings. The van der Waals surface area contributed by atoms with Crippen molar-refractivity contribution in [3.05, 3.63) is 46.8 Å². The molecule has 8 heteroatoms. The topological polar surface area (TPSA) is 60.6 Å². The van der Waals surface area contributed by atoms with Gasteiger partial charge in [-0.1, -0.05) is 11.2 Å². The van der Waals surface area contributed by atoms with Gasteiger partial charge in [-0.05, 0) is 45.0 Å². The maximum Gasteiger partial charge on any atom is 0.264 e. The number of fused-ring (bicyclic) bond motifs is 1. The molecule has 6 nitrogen and oxygen atoms in total. The van der Waals surface area contributed by atoms with Gasteiger partial charge in [0.15, 0.2) is 0 Å². The number of alkyl halides is 2. The Morgan fingerprint density at radius 1 is 1.17 bits per heavy atom. The molecule has 1 aliphatic heterocycles. The normalized spacial score (nSPS) is 15.8. The van der Waals surface area contributed by atoms with Gasteiger partial charge in [-0.2, -0.15) is 0 Å². The molecule has 1 aromatic carbocycles. The summed E-state index contributed by atoms with van der Waals surface area (Å²) in [5.74, 6) is 1.67. The van der Waals surface area contributed by atoms with Crippen molar-refractivity contribution >= 4 is 11.1 Å². The summed E-state index contributed by atoms with van der Waals surface area (Å²) in [4.78, 5) is 6.84. The highest BCUT2D eigenvalue weighted by Crippen LogP contribution is 2.35. The van der Waals surface area contributed by atoms with Crippen molar-refractivity contribution in [2.45, 2.75) is 38.7 Å². The van der Waals surface area contributed by atoms with Crippen LogP contribution in [0.3, 0.4) is 0 Å². The van der Waals surface area contributed by atoms with Crippen LogP contribution in [-0.2, 0) is 6.54 Å². The molecule has 2 aromatic heterocycles. The number of rotatable bonds is 6. The van der Waals surface area contributed by atoms with E-state index in [4.69, 9.17) is 14.0 Å². The number of hydrogen-bond donors (Lipinski definition) is 0. The second kappa shape index (κ2) is 8.55. The van der Waals surface area contributed by atoms with Crippen LogP contribution in [-0.4, -0.2) is 42.3 Å². The highest BCUT2D eigenvalue weighted by atomic mass is 19.3. The molecule has 3 aromatic rings. The second-order valence-corrected chi connectivity index (χ2v) is 7.61. The van der Waals surface area contributed by atoms with E-state index in [1.807, 2.05) is 18.2 Å². The lowest BCUT2D eigenvalue weighted by molar-refractivity contribution is 0.152. The molecule has 1 fully saturated rings. The van der Waals surface area contributed by atoms with Gasteiger partial charge in [0.1, 0.15) is 11.5 Å². The molecule has 0 spiro atoms. The second-order valence-electron chi connectivity index (χ2n) is 7.61. The number of aromatic nitrogens is 2. The van der Waals surface area contributed by atoms with E-state index in [0.717, 1.165) is 49.5 Å². The highest BCUT2D eigenvalue weighted by Gasteiger charge is 2.26. The molecule has 4 rings (SSSR count). The number of ether oxygens (including phenoxy) is 2. The minimum atomic E-state index is -2.59. The maximum absolute atomic E-state index is 13.6. The number of likely N-dealkylation sites (tertiary alicyclic amines) is 1. The van der Waals surface area contributed by atoms with Crippen molar-refractivity contribution in [1.29, 1.82) is 0 Å². The van der Waals surface area contributed by atoms with Crippen LogP contribution in [0.4, 0.5) is 8.78 Å². The minimum absolute atomic E-state index is 0.0425. The Hall–Kier alpha value is -2.74. The summed E-state index contributed by atoms with van der Waals surface area (Å²) >= 11 is 0. The van der Waals surface area contributed by atoms with E-state index in [1.54, 1.807) is 21.1 Å².